The van der Waals surface area contributed by atoms with Crippen LogP contribution in [0.1, 0.15) is 35.4 Å². The lowest BCUT2D eigenvalue weighted by Crippen LogP contribution is -2.17. The van der Waals surface area contributed by atoms with E-state index in [1.54, 1.807) is 6.26 Å². The molecule has 0 atom stereocenters. The largest absolute Gasteiger partial charge is 0.468 e. The van der Waals surface area contributed by atoms with Gasteiger partial charge in [0.25, 0.3) is 0 Å². The number of rotatable bonds is 3. The van der Waals surface area contributed by atoms with Crippen LogP contribution in [0.15, 0.2) is 37.9 Å². The maximum absolute atomic E-state index is 9.00. The molecule has 0 aromatic carbocycles. The number of amidine groups is 1. The maximum Gasteiger partial charge on any atom is 0.172 e. The molecule has 3 N–H and O–H groups in total. The van der Waals surface area contributed by atoms with Crippen LogP contribution in [-0.4, -0.2) is 16.0 Å². The Kier molecular flexibility index (Phi) is 3.88. The van der Waals surface area contributed by atoms with Crippen LogP contribution in [-0.2, 0) is 12.8 Å². The van der Waals surface area contributed by atoms with Crippen LogP contribution in [0.25, 0.3) is 0 Å². The van der Waals surface area contributed by atoms with Crippen LogP contribution in [0, 0.1) is 6.92 Å². The maximum atomic E-state index is 9.00. The molecule has 0 unspecified atom stereocenters. The standard InChI is InChI=1S/C15H17N3O2S/c1-9-13(6-7-20-9)21-15-11(14(16)18-19)8-10-4-2-3-5-12(10)17-15/h6-8,19H,2-5H2,1H3,(H2,16,18). The summed E-state index contributed by atoms with van der Waals surface area (Å²) in [5.74, 6) is 0.935. The van der Waals surface area contributed by atoms with Gasteiger partial charge in [-0.05, 0) is 50.3 Å². The Labute approximate surface area is 127 Å². The average molecular weight is 303 g/mol. The number of aromatic nitrogens is 1. The van der Waals surface area contributed by atoms with Crippen LogP contribution < -0.4 is 5.73 Å². The Bertz CT molecular complexity index is 694. The second-order valence-corrected chi connectivity index (χ2v) is 6.11. The fourth-order valence-electron chi connectivity index (χ4n) is 2.51. The first-order valence-corrected chi connectivity index (χ1v) is 7.73. The van der Waals surface area contributed by atoms with Crippen molar-refractivity contribution < 1.29 is 9.62 Å². The first-order valence-electron chi connectivity index (χ1n) is 6.91. The molecule has 0 saturated carbocycles. The molecule has 0 amide bonds. The van der Waals surface area contributed by atoms with Crippen molar-refractivity contribution in [3.63, 3.8) is 0 Å². The van der Waals surface area contributed by atoms with Crippen molar-refractivity contribution in [1.29, 1.82) is 0 Å². The molecule has 0 aliphatic heterocycles. The van der Waals surface area contributed by atoms with Crippen LogP contribution >= 0.6 is 11.8 Å². The van der Waals surface area contributed by atoms with Gasteiger partial charge in [-0.1, -0.05) is 16.9 Å². The van der Waals surface area contributed by atoms with E-state index in [0.717, 1.165) is 47.1 Å². The van der Waals surface area contributed by atoms with E-state index in [2.05, 4.69) is 5.16 Å². The Morgan fingerprint density at radius 1 is 1.43 bits per heavy atom. The van der Waals surface area contributed by atoms with Crippen molar-refractivity contribution in [2.24, 2.45) is 10.9 Å². The highest BCUT2D eigenvalue weighted by Gasteiger charge is 2.19. The summed E-state index contributed by atoms with van der Waals surface area (Å²) in [4.78, 5) is 5.74. The monoisotopic (exact) mass is 303 g/mol. The number of furan rings is 1. The SMILES string of the molecule is Cc1occc1Sc1nc2c(cc1/C(N)=N/O)CCCC2. The van der Waals surface area contributed by atoms with E-state index in [4.69, 9.17) is 20.3 Å². The first-order chi connectivity index (χ1) is 10.2. The fraction of sp³-hybridized carbons (Fsp3) is 0.333. The van der Waals surface area contributed by atoms with E-state index < -0.39 is 0 Å². The molecule has 0 spiro atoms. The smallest absolute Gasteiger partial charge is 0.172 e. The molecule has 0 bridgehead atoms. The summed E-state index contributed by atoms with van der Waals surface area (Å²) < 4.78 is 5.32. The Morgan fingerprint density at radius 2 is 2.24 bits per heavy atom. The third-order valence-electron chi connectivity index (χ3n) is 3.67. The van der Waals surface area contributed by atoms with E-state index in [1.807, 2.05) is 19.1 Å². The van der Waals surface area contributed by atoms with Crippen molar-refractivity contribution >= 4 is 17.6 Å². The van der Waals surface area contributed by atoms with Crippen molar-refractivity contribution in [3.8, 4) is 0 Å². The lowest BCUT2D eigenvalue weighted by Gasteiger charge is -2.18. The van der Waals surface area contributed by atoms with Gasteiger partial charge in [0.05, 0.1) is 16.7 Å². The van der Waals surface area contributed by atoms with Crippen LogP contribution in [0.2, 0.25) is 0 Å². The van der Waals surface area contributed by atoms with E-state index in [-0.39, 0.29) is 5.84 Å². The molecule has 0 radical (unpaired) electrons. The van der Waals surface area contributed by atoms with Crippen molar-refractivity contribution in [1.82, 2.24) is 4.98 Å². The van der Waals surface area contributed by atoms with E-state index in [0.29, 0.717) is 5.56 Å². The molecular weight excluding hydrogens is 286 g/mol. The van der Waals surface area contributed by atoms with Gasteiger partial charge in [-0.15, -0.1) is 0 Å². The van der Waals surface area contributed by atoms with Gasteiger partial charge < -0.3 is 15.4 Å². The molecule has 0 saturated heterocycles. The summed E-state index contributed by atoms with van der Waals surface area (Å²) in [7, 11) is 0. The van der Waals surface area contributed by atoms with Gasteiger partial charge in [0, 0.05) is 5.69 Å². The zero-order valence-electron chi connectivity index (χ0n) is 11.8. The quantitative estimate of drug-likeness (QED) is 0.394. The highest BCUT2D eigenvalue weighted by molar-refractivity contribution is 7.99. The van der Waals surface area contributed by atoms with Gasteiger partial charge in [-0.3, -0.25) is 0 Å². The number of pyridine rings is 1. The second-order valence-electron chi connectivity index (χ2n) is 5.08. The summed E-state index contributed by atoms with van der Waals surface area (Å²) in [6, 6.07) is 3.91. The number of nitrogens with two attached hydrogens (primary N) is 1. The lowest BCUT2D eigenvalue weighted by molar-refractivity contribution is 0.318. The predicted molar refractivity (Wildman–Crippen MR) is 81.0 cm³/mol. The molecule has 110 valence electrons. The topological polar surface area (TPSA) is 84.6 Å². The fourth-order valence-corrected chi connectivity index (χ4v) is 3.47. The zero-order valence-corrected chi connectivity index (χ0v) is 12.6. The van der Waals surface area contributed by atoms with Gasteiger partial charge in [0.15, 0.2) is 5.84 Å². The summed E-state index contributed by atoms with van der Waals surface area (Å²) >= 11 is 1.49. The van der Waals surface area contributed by atoms with Crippen molar-refractivity contribution in [2.75, 3.05) is 0 Å². The second kappa shape index (κ2) is 5.81. The highest BCUT2D eigenvalue weighted by Crippen LogP contribution is 2.34. The molecule has 2 heterocycles. The number of nitrogens with zero attached hydrogens (tertiary/aromatic N) is 2. The molecular formula is C15H17N3O2S. The molecule has 21 heavy (non-hydrogen) atoms. The van der Waals surface area contributed by atoms with Gasteiger partial charge >= 0.3 is 0 Å². The molecule has 0 fully saturated rings. The van der Waals surface area contributed by atoms with E-state index in [9.17, 15) is 0 Å². The molecule has 5 nitrogen and oxygen atoms in total. The number of aryl methyl sites for hydroxylation is 3. The number of hydrogen-bond acceptors (Lipinski definition) is 5. The Morgan fingerprint density at radius 3 is 2.95 bits per heavy atom. The first kappa shape index (κ1) is 14.0. The molecule has 1 aliphatic carbocycles. The highest BCUT2D eigenvalue weighted by atomic mass is 32.2. The molecule has 2 aromatic rings. The van der Waals surface area contributed by atoms with Gasteiger partial charge in [0.1, 0.15) is 10.8 Å². The molecule has 3 rings (SSSR count). The normalized spacial score (nSPS) is 15.0. The zero-order chi connectivity index (χ0) is 14.8. The minimum absolute atomic E-state index is 0.0968. The molecule has 2 aromatic heterocycles. The number of fused-ring (bicyclic) bond motifs is 1. The summed E-state index contributed by atoms with van der Waals surface area (Å²) in [6.45, 7) is 1.91. The summed E-state index contributed by atoms with van der Waals surface area (Å²) in [6.07, 6.45) is 5.97. The van der Waals surface area contributed by atoms with E-state index in [1.165, 1.54) is 17.3 Å². The van der Waals surface area contributed by atoms with Crippen LogP contribution in [0.3, 0.4) is 0 Å². The summed E-state index contributed by atoms with van der Waals surface area (Å²) in [5.41, 5.74) is 8.83. The average Bonchev–Trinajstić information content (AvgIpc) is 2.91. The van der Waals surface area contributed by atoms with Crippen LogP contribution in [0.4, 0.5) is 0 Å². The summed E-state index contributed by atoms with van der Waals surface area (Å²) in [5, 5.41) is 12.9. The van der Waals surface area contributed by atoms with Crippen molar-refractivity contribution in [2.45, 2.75) is 42.5 Å². The Balaban J connectivity index is 2.06. The predicted octanol–water partition coefficient (Wildman–Crippen LogP) is 3.11. The lowest BCUT2D eigenvalue weighted by atomic mass is 9.95. The number of hydrogen-bond donors (Lipinski definition) is 2. The van der Waals surface area contributed by atoms with Crippen LogP contribution in [0.5, 0.6) is 0 Å². The molecule has 6 heteroatoms. The number of oxime groups is 1. The van der Waals surface area contributed by atoms with Crippen molar-refractivity contribution in [3.05, 3.63) is 41.0 Å². The third kappa shape index (κ3) is 2.76. The van der Waals surface area contributed by atoms with E-state index >= 15 is 0 Å². The molecule has 1 aliphatic rings. The minimum atomic E-state index is 0.0968. The third-order valence-corrected chi connectivity index (χ3v) is 4.82. The Hall–Kier alpha value is -1.95. The van der Waals surface area contributed by atoms with Gasteiger partial charge in [-0.25, -0.2) is 4.98 Å². The minimum Gasteiger partial charge on any atom is -0.468 e. The van der Waals surface area contributed by atoms with Gasteiger partial charge in [-0.2, -0.15) is 0 Å². The van der Waals surface area contributed by atoms with Gasteiger partial charge in [0.2, 0.25) is 0 Å².